The highest BCUT2D eigenvalue weighted by molar-refractivity contribution is 6.32. The molecule has 6 rings (SSSR count). The van der Waals surface area contributed by atoms with E-state index < -0.39 is 23.4 Å². The Morgan fingerprint density at radius 3 is 2.68 bits per heavy atom. The molecule has 0 radical (unpaired) electrons. The monoisotopic (exact) mass is 585 g/mol. The molecule has 1 saturated heterocycles. The van der Waals surface area contributed by atoms with Crippen LogP contribution in [0.4, 0.5) is 13.2 Å². The molecule has 1 aromatic heterocycles. The summed E-state index contributed by atoms with van der Waals surface area (Å²) in [6.45, 7) is 4.12. The maximum atomic E-state index is 15.0. The van der Waals surface area contributed by atoms with Gasteiger partial charge in [0.1, 0.15) is 35.3 Å². The van der Waals surface area contributed by atoms with Crippen LogP contribution in [0.25, 0.3) is 11.0 Å². The van der Waals surface area contributed by atoms with E-state index in [0.29, 0.717) is 54.8 Å². The number of benzene rings is 3. The van der Waals surface area contributed by atoms with Crippen LogP contribution in [-0.2, 0) is 30.9 Å². The van der Waals surface area contributed by atoms with Crippen LogP contribution < -0.4 is 4.74 Å². The summed E-state index contributed by atoms with van der Waals surface area (Å²) in [6.07, 6.45) is 1.52. The van der Waals surface area contributed by atoms with Gasteiger partial charge in [-0.1, -0.05) is 11.6 Å². The quantitative estimate of drug-likeness (QED) is 0.262. The molecule has 2 aliphatic rings. The van der Waals surface area contributed by atoms with Crippen molar-refractivity contribution < 1.29 is 32.5 Å². The Morgan fingerprint density at radius 1 is 1.17 bits per heavy atom. The average molecular weight is 586 g/mol. The van der Waals surface area contributed by atoms with Crippen LogP contribution in [0.5, 0.6) is 5.75 Å². The second kappa shape index (κ2) is 11.0. The van der Waals surface area contributed by atoms with Gasteiger partial charge >= 0.3 is 5.97 Å². The lowest BCUT2D eigenvalue weighted by atomic mass is 9.93. The van der Waals surface area contributed by atoms with Gasteiger partial charge in [-0.2, -0.15) is 0 Å². The third-order valence-corrected chi connectivity index (χ3v) is 8.21. The van der Waals surface area contributed by atoms with E-state index in [1.54, 1.807) is 0 Å². The molecular weight excluding hydrogens is 559 g/mol. The van der Waals surface area contributed by atoms with E-state index in [0.717, 1.165) is 29.7 Å². The van der Waals surface area contributed by atoms with Crippen molar-refractivity contribution in [2.45, 2.75) is 51.6 Å². The molecule has 11 heteroatoms. The second-order valence-electron chi connectivity index (χ2n) is 10.5. The maximum absolute atomic E-state index is 15.0. The summed E-state index contributed by atoms with van der Waals surface area (Å²) in [6, 6.07) is 9.39. The lowest BCUT2D eigenvalue weighted by molar-refractivity contribution is -0.0592. The second-order valence-corrected chi connectivity index (χ2v) is 10.9. The van der Waals surface area contributed by atoms with Crippen LogP contribution in [-0.4, -0.2) is 44.8 Å². The molecule has 2 atom stereocenters. The lowest BCUT2D eigenvalue weighted by Gasteiger charge is -2.36. The highest BCUT2D eigenvalue weighted by atomic mass is 35.5. The van der Waals surface area contributed by atoms with Crippen LogP contribution in [0, 0.1) is 17.5 Å². The zero-order valence-corrected chi connectivity index (χ0v) is 22.9. The standard InChI is InChI=1S/C30H27ClF3N3O4/c1-16-22-12-27(41-15-18-2-3-20(32)11-24(18)33)23(31)8-17(22)4-6-36(16)14-28-35-29-25(34)9-19(30(38)39)10-26(29)37(28)13-21-5-7-40-21/h2-3,8-12,16,21H,4-7,13-15H2,1H3,(H,38,39)/t16-,21-/m0/s1. The molecule has 214 valence electrons. The smallest absolute Gasteiger partial charge is 0.335 e. The maximum Gasteiger partial charge on any atom is 0.335 e. The fourth-order valence-corrected chi connectivity index (χ4v) is 5.72. The number of ether oxygens (including phenoxy) is 2. The molecule has 41 heavy (non-hydrogen) atoms. The zero-order chi connectivity index (χ0) is 28.8. The van der Waals surface area contributed by atoms with Crippen molar-refractivity contribution in [1.29, 1.82) is 0 Å². The first-order chi connectivity index (χ1) is 19.7. The summed E-state index contributed by atoms with van der Waals surface area (Å²) < 4.78 is 55.7. The number of nitrogens with zero attached hydrogens (tertiary/aromatic N) is 3. The number of aromatic carboxylic acids is 1. The summed E-state index contributed by atoms with van der Waals surface area (Å²) in [4.78, 5) is 18.4. The van der Waals surface area contributed by atoms with E-state index in [-0.39, 0.29) is 35.4 Å². The molecule has 3 aromatic carbocycles. The Labute approximate surface area is 239 Å². The summed E-state index contributed by atoms with van der Waals surface area (Å²) in [5.41, 5.74) is 2.68. The van der Waals surface area contributed by atoms with Crippen LogP contribution in [0.2, 0.25) is 5.02 Å². The van der Waals surface area contributed by atoms with E-state index in [2.05, 4.69) is 9.88 Å². The highest BCUT2D eigenvalue weighted by Gasteiger charge is 2.29. The van der Waals surface area contributed by atoms with Gasteiger partial charge in [0, 0.05) is 30.8 Å². The predicted molar refractivity (Wildman–Crippen MR) is 146 cm³/mol. The predicted octanol–water partition coefficient (Wildman–Crippen LogP) is 6.29. The zero-order valence-electron chi connectivity index (χ0n) is 22.2. The first kappa shape index (κ1) is 27.6. The van der Waals surface area contributed by atoms with Gasteiger partial charge in [-0.3, -0.25) is 4.90 Å². The van der Waals surface area contributed by atoms with Gasteiger partial charge in [-0.05, 0) is 67.3 Å². The van der Waals surface area contributed by atoms with Gasteiger partial charge in [0.15, 0.2) is 5.82 Å². The van der Waals surface area contributed by atoms with Gasteiger partial charge in [0.25, 0.3) is 0 Å². The molecule has 1 fully saturated rings. The number of rotatable bonds is 8. The van der Waals surface area contributed by atoms with Crippen molar-refractivity contribution in [3.63, 3.8) is 0 Å². The summed E-state index contributed by atoms with van der Waals surface area (Å²) >= 11 is 6.49. The molecule has 3 heterocycles. The normalized spacial score (nSPS) is 18.8. The molecule has 0 unspecified atom stereocenters. The molecular formula is C30H27ClF3N3O4. The van der Waals surface area contributed by atoms with Crippen molar-refractivity contribution >= 4 is 28.6 Å². The van der Waals surface area contributed by atoms with Gasteiger partial charge in [0.2, 0.25) is 0 Å². The Balaban J connectivity index is 1.28. The summed E-state index contributed by atoms with van der Waals surface area (Å²) in [5.74, 6) is -2.24. The van der Waals surface area contributed by atoms with Gasteiger partial charge < -0.3 is 19.1 Å². The third kappa shape index (κ3) is 5.39. The lowest BCUT2D eigenvalue weighted by Crippen LogP contribution is -2.36. The minimum Gasteiger partial charge on any atom is -0.487 e. The molecule has 0 saturated carbocycles. The van der Waals surface area contributed by atoms with Crippen molar-refractivity contribution in [2.75, 3.05) is 13.2 Å². The van der Waals surface area contributed by atoms with Crippen molar-refractivity contribution in [3.8, 4) is 5.75 Å². The Bertz CT molecular complexity index is 1660. The van der Waals surface area contributed by atoms with E-state index >= 15 is 0 Å². The number of hydrogen-bond donors (Lipinski definition) is 1. The molecule has 2 aliphatic heterocycles. The Hall–Kier alpha value is -3.60. The average Bonchev–Trinajstić information content (AvgIpc) is 3.25. The van der Waals surface area contributed by atoms with Crippen molar-refractivity contribution in [1.82, 2.24) is 14.5 Å². The van der Waals surface area contributed by atoms with Crippen LogP contribution >= 0.6 is 11.6 Å². The fraction of sp³-hybridized carbons (Fsp3) is 0.333. The van der Waals surface area contributed by atoms with Crippen LogP contribution in [0.3, 0.4) is 0 Å². The largest absolute Gasteiger partial charge is 0.487 e. The van der Waals surface area contributed by atoms with E-state index in [4.69, 9.17) is 21.1 Å². The Morgan fingerprint density at radius 2 is 1.98 bits per heavy atom. The van der Waals surface area contributed by atoms with E-state index in [1.165, 1.54) is 18.2 Å². The van der Waals surface area contributed by atoms with Gasteiger partial charge in [0.05, 0.1) is 35.3 Å². The van der Waals surface area contributed by atoms with Gasteiger partial charge in [-0.25, -0.2) is 22.9 Å². The number of carboxylic acids is 1. The van der Waals surface area contributed by atoms with Crippen molar-refractivity contribution in [3.05, 3.63) is 93.0 Å². The number of aromatic nitrogens is 2. The highest BCUT2D eigenvalue weighted by Crippen LogP contribution is 2.38. The Kier molecular flexibility index (Phi) is 7.39. The molecule has 0 bridgehead atoms. The SMILES string of the molecule is C[C@H]1c2cc(OCc3ccc(F)cc3F)c(Cl)cc2CCN1Cc1nc2c(F)cc(C(=O)O)cc2n1C[C@@H]1CCO1. The summed E-state index contributed by atoms with van der Waals surface area (Å²) in [7, 11) is 0. The van der Waals surface area contributed by atoms with E-state index in [9.17, 15) is 23.1 Å². The number of fused-ring (bicyclic) bond motifs is 2. The summed E-state index contributed by atoms with van der Waals surface area (Å²) in [5, 5.41) is 9.88. The minimum absolute atomic E-state index is 0.0463. The molecule has 0 spiro atoms. The van der Waals surface area contributed by atoms with Crippen molar-refractivity contribution in [2.24, 2.45) is 0 Å². The minimum atomic E-state index is -1.21. The molecule has 0 amide bonds. The number of imidazole rings is 1. The number of halogens is 4. The number of hydrogen-bond acceptors (Lipinski definition) is 5. The third-order valence-electron chi connectivity index (χ3n) is 7.92. The molecule has 0 aliphatic carbocycles. The number of carboxylic acid groups (broad SMARTS) is 1. The molecule has 4 aromatic rings. The fourth-order valence-electron chi connectivity index (χ4n) is 5.48. The first-order valence-electron chi connectivity index (χ1n) is 13.3. The van der Waals surface area contributed by atoms with Crippen LogP contribution in [0.1, 0.15) is 52.3 Å². The van der Waals surface area contributed by atoms with Gasteiger partial charge in [-0.15, -0.1) is 0 Å². The topological polar surface area (TPSA) is 76.8 Å². The van der Waals surface area contributed by atoms with E-state index in [1.807, 2.05) is 23.6 Å². The van der Waals surface area contributed by atoms with Crippen LogP contribution in [0.15, 0.2) is 42.5 Å². The molecule has 1 N–H and O–H groups in total. The first-order valence-corrected chi connectivity index (χ1v) is 13.7. The molecule has 7 nitrogen and oxygen atoms in total. The number of carbonyl (C=O) groups is 1.